The van der Waals surface area contributed by atoms with Gasteiger partial charge in [0.15, 0.2) is 5.78 Å². The molecule has 0 saturated heterocycles. The fourth-order valence-corrected chi connectivity index (χ4v) is 5.73. The number of hydrogen-bond donors (Lipinski definition) is 1. The number of fused-ring (bicyclic) bond motifs is 1. The van der Waals surface area contributed by atoms with Gasteiger partial charge in [-0.1, -0.05) is 68.3 Å². The summed E-state index contributed by atoms with van der Waals surface area (Å²) in [6, 6.07) is 13.8. The highest BCUT2D eigenvalue weighted by atomic mass is 32.2. The molecule has 1 aliphatic carbocycles. The van der Waals surface area contributed by atoms with E-state index >= 15 is 0 Å². The summed E-state index contributed by atoms with van der Waals surface area (Å²) in [7, 11) is -3.72. The molecule has 2 atom stereocenters. The SMILES string of the molecule is CC/C1=C(\CC)C(CC)CC(NS(=O)(=O)c2ccc(C)cc2)c2ccccc2C1=O. The van der Waals surface area contributed by atoms with Gasteiger partial charge in [-0.25, -0.2) is 13.1 Å². The van der Waals surface area contributed by atoms with E-state index in [2.05, 4.69) is 18.6 Å². The van der Waals surface area contributed by atoms with Crippen molar-refractivity contribution in [2.24, 2.45) is 5.92 Å². The molecule has 0 amide bonds. The van der Waals surface area contributed by atoms with Crippen LogP contribution in [0, 0.1) is 12.8 Å². The first kappa shape index (κ1) is 22.4. The van der Waals surface area contributed by atoms with Crippen molar-refractivity contribution in [3.8, 4) is 0 Å². The minimum Gasteiger partial charge on any atom is -0.289 e. The Kier molecular flexibility index (Phi) is 6.94. The molecule has 0 radical (unpaired) electrons. The van der Waals surface area contributed by atoms with Crippen LogP contribution in [-0.4, -0.2) is 14.2 Å². The lowest BCUT2D eigenvalue weighted by molar-refractivity contribution is 0.102. The average molecular weight is 426 g/mol. The zero-order chi connectivity index (χ0) is 21.9. The fourth-order valence-electron chi connectivity index (χ4n) is 4.50. The number of carbonyl (C=O) groups excluding carboxylic acids is 1. The van der Waals surface area contributed by atoms with Gasteiger partial charge >= 0.3 is 0 Å². The van der Waals surface area contributed by atoms with Gasteiger partial charge in [0, 0.05) is 11.6 Å². The molecule has 0 aliphatic heterocycles. The molecule has 0 fully saturated rings. The van der Waals surface area contributed by atoms with Crippen LogP contribution in [0.1, 0.15) is 74.0 Å². The molecule has 5 heteroatoms. The van der Waals surface area contributed by atoms with E-state index in [4.69, 9.17) is 0 Å². The minimum atomic E-state index is -3.72. The van der Waals surface area contributed by atoms with Crippen molar-refractivity contribution in [3.63, 3.8) is 0 Å². The number of aryl methyl sites for hydroxylation is 1. The second kappa shape index (κ2) is 9.27. The quantitative estimate of drug-likeness (QED) is 0.641. The maximum Gasteiger partial charge on any atom is 0.241 e. The first-order valence-corrected chi connectivity index (χ1v) is 12.2. The Morgan fingerprint density at radius 2 is 1.63 bits per heavy atom. The second-order valence-electron chi connectivity index (χ2n) is 7.96. The number of ketones is 1. The fraction of sp³-hybridized carbons (Fsp3) is 0.400. The van der Waals surface area contributed by atoms with Gasteiger partial charge in [-0.2, -0.15) is 0 Å². The van der Waals surface area contributed by atoms with E-state index in [1.165, 1.54) is 5.57 Å². The molecule has 3 rings (SSSR count). The Morgan fingerprint density at radius 3 is 2.23 bits per heavy atom. The Morgan fingerprint density at radius 1 is 0.967 bits per heavy atom. The molecule has 0 saturated carbocycles. The first-order chi connectivity index (χ1) is 14.3. The maximum absolute atomic E-state index is 13.4. The largest absolute Gasteiger partial charge is 0.289 e. The predicted molar refractivity (Wildman–Crippen MR) is 121 cm³/mol. The highest BCUT2D eigenvalue weighted by Gasteiger charge is 2.32. The number of sulfonamides is 1. The Hall–Kier alpha value is -2.24. The van der Waals surface area contributed by atoms with Crippen LogP contribution < -0.4 is 4.72 Å². The standard InChI is InChI=1S/C25H31NO3S/c1-5-18-16-24(26-30(28,29)19-14-12-17(4)13-15-19)22-10-8-9-11-23(22)25(27)21(7-3)20(18)6-2/h8-15,18,24,26H,5-7,16H2,1-4H3/b21-20-. The number of benzene rings is 2. The van der Waals surface area contributed by atoms with E-state index in [1.54, 1.807) is 24.3 Å². The summed E-state index contributed by atoms with van der Waals surface area (Å²) in [5.41, 5.74) is 4.42. The second-order valence-corrected chi connectivity index (χ2v) is 9.67. The molecule has 160 valence electrons. The highest BCUT2D eigenvalue weighted by molar-refractivity contribution is 7.89. The zero-order valence-electron chi connectivity index (χ0n) is 18.2. The van der Waals surface area contributed by atoms with E-state index in [0.29, 0.717) is 18.4 Å². The van der Waals surface area contributed by atoms with Crippen molar-refractivity contribution in [2.45, 2.75) is 64.3 Å². The summed E-state index contributed by atoms with van der Waals surface area (Å²) in [6.45, 7) is 8.14. The topological polar surface area (TPSA) is 63.2 Å². The molecule has 1 N–H and O–H groups in total. The Balaban J connectivity index is 2.11. The third-order valence-electron chi connectivity index (χ3n) is 6.11. The van der Waals surface area contributed by atoms with Crippen LogP contribution in [0.3, 0.4) is 0 Å². The predicted octanol–water partition coefficient (Wildman–Crippen LogP) is 5.74. The van der Waals surface area contributed by atoms with Crippen molar-refractivity contribution >= 4 is 15.8 Å². The monoisotopic (exact) mass is 425 g/mol. The van der Waals surface area contributed by atoms with Crippen LogP contribution in [0.5, 0.6) is 0 Å². The summed E-state index contributed by atoms with van der Waals surface area (Å²) in [4.78, 5) is 13.7. The molecule has 1 aliphatic rings. The normalized spacial score (nSPS) is 22.3. The van der Waals surface area contributed by atoms with Crippen LogP contribution in [0.2, 0.25) is 0 Å². The van der Waals surface area contributed by atoms with E-state index in [1.807, 2.05) is 38.1 Å². The van der Waals surface area contributed by atoms with Gasteiger partial charge in [0.05, 0.1) is 4.90 Å². The number of Topliss-reactive ketones (excluding diaryl/α,β-unsaturated/α-hetero) is 1. The van der Waals surface area contributed by atoms with E-state index < -0.39 is 16.1 Å². The summed E-state index contributed by atoms with van der Waals surface area (Å²) >= 11 is 0. The van der Waals surface area contributed by atoms with Crippen molar-refractivity contribution in [2.75, 3.05) is 0 Å². The summed E-state index contributed by atoms with van der Waals surface area (Å²) in [5, 5.41) is 0. The summed E-state index contributed by atoms with van der Waals surface area (Å²) in [6.07, 6.45) is 2.99. The minimum absolute atomic E-state index is 0.0302. The molecule has 0 heterocycles. The average Bonchev–Trinajstić information content (AvgIpc) is 2.74. The number of allylic oxidation sites excluding steroid dienone is 2. The van der Waals surface area contributed by atoms with Gasteiger partial charge in [-0.3, -0.25) is 4.79 Å². The summed E-state index contributed by atoms with van der Waals surface area (Å²) < 4.78 is 29.2. The van der Waals surface area contributed by atoms with Crippen molar-refractivity contribution < 1.29 is 13.2 Å². The third kappa shape index (κ3) is 4.42. The Labute approximate surface area is 180 Å². The molecule has 2 aromatic rings. The zero-order valence-corrected chi connectivity index (χ0v) is 19.1. The molecule has 0 aromatic heterocycles. The first-order valence-electron chi connectivity index (χ1n) is 10.8. The van der Waals surface area contributed by atoms with Crippen molar-refractivity contribution in [1.29, 1.82) is 0 Å². The van der Waals surface area contributed by atoms with Gasteiger partial charge in [0.1, 0.15) is 0 Å². The number of hydrogen-bond acceptors (Lipinski definition) is 3. The molecule has 0 bridgehead atoms. The van der Waals surface area contributed by atoms with Crippen LogP contribution in [0.25, 0.3) is 0 Å². The van der Waals surface area contributed by atoms with Crippen LogP contribution in [0.15, 0.2) is 64.6 Å². The van der Waals surface area contributed by atoms with E-state index in [9.17, 15) is 13.2 Å². The lowest BCUT2D eigenvalue weighted by Gasteiger charge is -2.31. The molecular formula is C25H31NO3S. The van der Waals surface area contributed by atoms with Gasteiger partial charge in [0.2, 0.25) is 10.0 Å². The molecular weight excluding hydrogens is 394 g/mol. The van der Waals surface area contributed by atoms with E-state index in [0.717, 1.165) is 29.5 Å². The number of nitrogens with one attached hydrogen (secondary N) is 1. The van der Waals surface area contributed by atoms with Crippen molar-refractivity contribution in [3.05, 3.63) is 76.4 Å². The van der Waals surface area contributed by atoms with Crippen LogP contribution >= 0.6 is 0 Å². The molecule has 30 heavy (non-hydrogen) atoms. The maximum atomic E-state index is 13.4. The van der Waals surface area contributed by atoms with Gasteiger partial charge < -0.3 is 0 Å². The number of carbonyl (C=O) groups is 1. The molecule has 2 aromatic carbocycles. The highest BCUT2D eigenvalue weighted by Crippen LogP contribution is 2.38. The Bertz CT molecular complexity index is 1050. The molecule has 0 spiro atoms. The lowest BCUT2D eigenvalue weighted by Crippen LogP contribution is -2.33. The molecule has 4 nitrogen and oxygen atoms in total. The third-order valence-corrected chi connectivity index (χ3v) is 7.60. The van der Waals surface area contributed by atoms with E-state index in [-0.39, 0.29) is 16.6 Å². The van der Waals surface area contributed by atoms with Crippen LogP contribution in [0.4, 0.5) is 0 Å². The number of rotatable bonds is 6. The van der Waals surface area contributed by atoms with Crippen molar-refractivity contribution in [1.82, 2.24) is 4.72 Å². The van der Waals surface area contributed by atoms with Gasteiger partial charge in [-0.15, -0.1) is 0 Å². The smallest absolute Gasteiger partial charge is 0.241 e. The molecule has 2 unspecified atom stereocenters. The summed E-state index contributed by atoms with van der Waals surface area (Å²) in [5.74, 6) is 0.190. The van der Waals surface area contributed by atoms with Gasteiger partial charge in [0.25, 0.3) is 0 Å². The van der Waals surface area contributed by atoms with Gasteiger partial charge in [-0.05, 0) is 61.8 Å². The lowest BCUT2D eigenvalue weighted by atomic mass is 9.77. The van der Waals surface area contributed by atoms with Crippen LogP contribution in [-0.2, 0) is 10.0 Å².